The van der Waals surface area contributed by atoms with E-state index in [-0.39, 0.29) is 17.1 Å². The van der Waals surface area contributed by atoms with Gasteiger partial charge in [-0.05, 0) is 66.8 Å². The van der Waals surface area contributed by atoms with Crippen molar-refractivity contribution in [3.05, 3.63) is 94.2 Å². The van der Waals surface area contributed by atoms with Gasteiger partial charge in [-0.1, -0.05) is 41.4 Å². The largest absolute Gasteiger partial charge is 0.325 e. The van der Waals surface area contributed by atoms with E-state index in [2.05, 4.69) is 10.7 Å². The highest BCUT2D eigenvalue weighted by atomic mass is 35.5. The zero-order valence-corrected chi connectivity index (χ0v) is 20.2. The molecule has 0 aromatic heterocycles. The molecule has 0 radical (unpaired) electrons. The molecular weight excluding hydrogens is 514 g/mol. The van der Waals surface area contributed by atoms with Crippen molar-refractivity contribution in [3.8, 4) is 0 Å². The van der Waals surface area contributed by atoms with Crippen molar-refractivity contribution in [2.24, 2.45) is 0 Å². The van der Waals surface area contributed by atoms with E-state index in [1.165, 1.54) is 23.1 Å². The van der Waals surface area contributed by atoms with E-state index >= 15 is 0 Å². The van der Waals surface area contributed by atoms with Gasteiger partial charge in [0.25, 0.3) is 11.8 Å². The first-order valence-electron chi connectivity index (χ1n) is 10.3. The van der Waals surface area contributed by atoms with E-state index in [0.29, 0.717) is 21.4 Å². The minimum absolute atomic E-state index is 0.0180. The summed E-state index contributed by atoms with van der Waals surface area (Å²) in [6.45, 7) is 0. The van der Waals surface area contributed by atoms with Gasteiger partial charge in [0.15, 0.2) is 0 Å². The molecule has 2 N–H and O–H groups in total. The maximum absolute atomic E-state index is 13.6. The number of hydrogen-bond donors (Lipinski definition) is 2. The standard InChI is InChI=1S/C24H17Cl2FN4O3S/c25-15-8-10-17(11-9-15)30-23(34)20(13-21(32)28-19-7-2-1-6-18(19)26)31(24(30)35)29-22(33)14-4-3-5-16(27)12-14/h1-12,20H,13H2,(H,28,32)(H,29,33)/t20-/m0/s1. The average Bonchev–Trinajstić information content (AvgIpc) is 3.05. The maximum atomic E-state index is 13.6. The van der Waals surface area contributed by atoms with Crippen molar-refractivity contribution >= 4 is 69.6 Å². The minimum atomic E-state index is -1.17. The number of anilines is 2. The van der Waals surface area contributed by atoms with Crippen LogP contribution in [-0.2, 0) is 9.59 Å². The van der Waals surface area contributed by atoms with Crippen molar-refractivity contribution in [1.82, 2.24) is 10.4 Å². The summed E-state index contributed by atoms with van der Waals surface area (Å²) < 4.78 is 13.6. The fourth-order valence-electron chi connectivity index (χ4n) is 3.47. The van der Waals surface area contributed by atoms with Crippen molar-refractivity contribution in [3.63, 3.8) is 0 Å². The normalized spacial score (nSPS) is 15.3. The van der Waals surface area contributed by atoms with E-state index in [1.807, 2.05) is 0 Å². The van der Waals surface area contributed by atoms with E-state index in [4.69, 9.17) is 35.4 Å². The van der Waals surface area contributed by atoms with Crippen molar-refractivity contribution < 1.29 is 18.8 Å². The third-order valence-corrected chi connectivity index (χ3v) is 6.10. The molecule has 35 heavy (non-hydrogen) atoms. The van der Waals surface area contributed by atoms with Crippen LogP contribution in [0, 0.1) is 5.82 Å². The highest BCUT2D eigenvalue weighted by Gasteiger charge is 2.45. The van der Waals surface area contributed by atoms with Crippen LogP contribution in [-0.4, -0.2) is 33.9 Å². The summed E-state index contributed by atoms with van der Waals surface area (Å²) in [6.07, 6.45) is -0.349. The zero-order chi connectivity index (χ0) is 25.1. The molecular formula is C24H17Cl2FN4O3S. The molecule has 0 aliphatic carbocycles. The fourth-order valence-corrected chi connectivity index (χ4v) is 4.15. The summed E-state index contributed by atoms with van der Waals surface area (Å²) in [5, 5.41) is 4.51. The molecule has 1 aliphatic heterocycles. The highest BCUT2D eigenvalue weighted by molar-refractivity contribution is 7.80. The average molecular weight is 531 g/mol. The number of carbonyl (C=O) groups excluding carboxylic acids is 3. The van der Waals surface area contributed by atoms with Crippen LogP contribution >= 0.6 is 35.4 Å². The van der Waals surface area contributed by atoms with Crippen molar-refractivity contribution in [2.45, 2.75) is 12.5 Å². The summed E-state index contributed by atoms with van der Waals surface area (Å²) >= 11 is 17.6. The summed E-state index contributed by atoms with van der Waals surface area (Å²) in [7, 11) is 0. The van der Waals surface area contributed by atoms with Gasteiger partial charge in [-0.2, -0.15) is 0 Å². The Kier molecular flexibility index (Phi) is 7.30. The Morgan fingerprint density at radius 2 is 1.71 bits per heavy atom. The van der Waals surface area contributed by atoms with Crippen molar-refractivity contribution in [1.29, 1.82) is 0 Å². The molecule has 1 aliphatic rings. The Hall–Kier alpha value is -3.53. The molecule has 178 valence electrons. The first kappa shape index (κ1) is 24.6. The van der Waals surface area contributed by atoms with Crippen LogP contribution in [0.4, 0.5) is 15.8 Å². The molecule has 1 atom stereocenters. The lowest BCUT2D eigenvalue weighted by Gasteiger charge is -2.24. The second kappa shape index (κ2) is 10.4. The Morgan fingerprint density at radius 3 is 2.40 bits per heavy atom. The number of carbonyl (C=O) groups is 3. The maximum Gasteiger partial charge on any atom is 0.269 e. The smallest absolute Gasteiger partial charge is 0.269 e. The second-order valence-corrected chi connectivity index (χ2v) is 8.71. The monoisotopic (exact) mass is 530 g/mol. The molecule has 0 bridgehead atoms. The van der Waals surface area contributed by atoms with Crippen LogP contribution in [0.15, 0.2) is 72.8 Å². The molecule has 0 saturated carbocycles. The molecule has 3 amide bonds. The number of nitrogens with one attached hydrogen (secondary N) is 2. The molecule has 4 rings (SSSR count). The Balaban J connectivity index is 1.61. The van der Waals surface area contributed by atoms with Gasteiger partial charge in [-0.15, -0.1) is 0 Å². The van der Waals surface area contributed by atoms with Crippen LogP contribution in [0.1, 0.15) is 16.8 Å². The van der Waals surface area contributed by atoms with E-state index < -0.39 is 29.6 Å². The van der Waals surface area contributed by atoms with Gasteiger partial charge in [-0.3, -0.25) is 24.7 Å². The molecule has 0 unspecified atom stereocenters. The Labute approximate surface area is 215 Å². The molecule has 7 nitrogen and oxygen atoms in total. The number of thiocarbonyl (C=S) groups is 1. The molecule has 11 heteroatoms. The quantitative estimate of drug-likeness (QED) is 0.447. The SMILES string of the molecule is O=C(C[C@H]1C(=O)N(c2ccc(Cl)cc2)C(=S)N1NC(=O)c1cccc(F)c1)Nc1ccccc1Cl. The molecule has 1 saturated heterocycles. The third-order valence-electron chi connectivity index (χ3n) is 5.13. The predicted molar refractivity (Wildman–Crippen MR) is 136 cm³/mol. The number of rotatable bonds is 6. The Morgan fingerprint density at radius 1 is 1.00 bits per heavy atom. The number of para-hydroxylation sites is 1. The van der Waals surface area contributed by atoms with Crippen LogP contribution in [0.25, 0.3) is 0 Å². The molecule has 1 fully saturated rings. The fraction of sp³-hybridized carbons (Fsp3) is 0.0833. The predicted octanol–water partition coefficient (Wildman–Crippen LogP) is 4.81. The van der Waals surface area contributed by atoms with Crippen LogP contribution in [0.3, 0.4) is 0 Å². The van der Waals surface area contributed by atoms with Gasteiger partial charge in [0, 0.05) is 10.6 Å². The number of hydrazine groups is 1. The number of amides is 3. The summed E-state index contributed by atoms with van der Waals surface area (Å²) in [5.74, 6) is -2.36. The first-order chi connectivity index (χ1) is 16.7. The number of halogens is 3. The van der Waals surface area contributed by atoms with Gasteiger partial charge >= 0.3 is 0 Å². The van der Waals surface area contributed by atoms with E-state index in [9.17, 15) is 18.8 Å². The van der Waals surface area contributed by atoms with Gasteiger partial charge in [-0.25, -0.2) is 9.40 Å². The second-order valence-electron chi connectivity index (χ2n) is 7.50. The lowest BCUT2D eigenvalue weighted by atomic mass is 10.1. The summed E-state index contributed by atoms with van der Waals surface area (Å²) in [4.78, 5) is 40.2. The summed E-state index contributed by atoms with van der Waals surface area (Å²) in [5.41, 5.74) is 3.33. The van der Waals surface area contributed by atoms with Gasteiger partial charge in [0.1, 0.15) is 11.9 Å². The van der Waals surface area contributed by atoms with Crippen LogP contribution < -0.4 is 15.6 Å². The van der Waals surface area contributed by atoms with E-state index in [0.717, 1.165) is 11.1 Å². The zero-order valence-electron chi connectivity index (χ0n) is 17.9. The van der Waals surface area contributed by atoms with Crippen LogP contribution in [0.5, 0.6) is 0 Å². The molecule has 3 aromatic carbocycles. The lowest BCUT2D eigenvalue weighted by molar-refractivity contribution is -0.124. The minimum Gasteiger partial charge on any atom is -0.325 e. The Bertz CT molecular complexity index is 1320. The van der Waals surface area contributed by atoms with Crippen molar-refractivity contribution in [2.75, 3.05) is 10.2 Å². The number of hydrogen-bond acceptors (Lipinski definition) is 4. The highest BCUT2D eigenvalue weighted by Crippen LogP contribution is 2.28. The number of nitrogens with zero attached hydrogens (tertiary/aromatic N) is 2. The topological polar surface area (TPSA) is 81.8 Å². The molecule has 1 heterocycles. The molecule has 0 spiro atoms. The first-order valence-corrected chi connectivity index (χ1v) is 11.4. The van der Waals surface area contributed by atoms with Crippen LogP contribution in [0.2, 0.25) is 10.0 Å². The number of benzene rings is 3. The van der Waals surface area contributed by atoms with Gasteiger partial charge < -0.3 is 5.32 Å². The van der Waals surface area contributed by atoms with E-state index in [1.54, 1.807) is 48.5 Å². The van der Waals surface area contributed by atoms with Gasteiger partial charge in [0.2, 0.25) is 11.0 Å². The molecule has 3 aromatic rings. The van der Waals surface area contributed by atoms with Gasteiger partial charge in [0.05, 0.1) is 22.8 Å². The lowest BCUT2D eigenvalue weighted by Crippen LogP contribution is -2.49. The third kappa shape index (κ3) is 5.43. The summed E-state index contributed by atoms with van der Waals surface area (Å²) in [6, 6.07) is 16.9.